The summed E-state index contributed by atoms with van der Waals surface area (Å²) in [6.45, 7) is 4.24. The van der Waals surface area contributed by atoms with Crippen molar-refractivity contribution in [3.05, 3.63) is 41.6 Å². The largest absolute Gasteiger partial charge is 0.384 e. The topological polar surface area (TPSA) is 118 Å². The zero-order chi connectivity index (χ0) is 22.9. The first-order chi connectivity index (χ1) is 15.3. The van der Waals surface area contributed by atoms with E-state index in [1.807, 2.05) is 6.07 Å². The molecule has 3 heterocycles. The van der Waals surface area contributed by atoms with Crippen LogP contribution in [-0.2, 0) is 10.0 Å². The highest BCUT2D eigenvalue weighted by atomic mass is 32.2. The Morgan fingerprint density at radius 3 is 2.34 bits per heavy atom. The molecule has 1 aliphatic heterocycles. The zero-order valence-corrected chi connectivity index (χ0v) is 19.4. The van der Waals surface area contributed by atoms with Crippen molar-refractivity contribution in [1.29, 1.82) is 0 Å². The summed E-state index contributed by atoms with van der Waals surface area (Å²) in [4.78, 5) is 24.1. The van der Waals surface area contributed by atoms with Crippen LogP contribution in [0.25, 0.3) is 0 Å². The van der Waals surface area contributed by atoms with Gasteiger partial charge in [-0.1, -0.05) is 25.3 Å². The van der Waals surface area contributed by atoms with Crippen LogP contribution in [0.3, 0.4) is 0 Å². The van der Waals surface area contributed by atoms with Gasteiger partial charge in [0.1, 0.15) is 11.6 Å². The van der Waals surface area contributed by atoms with Gasteiger partial charge in [-0.2, -0.15) is 8.42 Å². The molecule has 0 bridgehead atoms. The maximum Gasteiger partial charge on any atom is 0.281 e. The molecule has 0 unspecified atom stereocenters. The lowest BCUT2D eigenvalue weighted by Gasteiger charge is -2.31. The normalized spacial score (nSPS) is 22.1. The second-order valence-corrected chi connectivity index (χ2v) is 10.6. The van der Waals surface area contributed by atoms with Crippen molar-refractivity contribution in [1.82, 2.24) is 14.7 Å². The molecule has 0 radical (unpaired) electrons. The van der Waals surface area contributed by atoms with Crippen LogP contribution >= 0.6 is 0 Å². The van der Waals surface area contributed by atoms with Crippen LogP contribution in [0.15, 0.2) is 35.4 Å². The van der Waals surface area contributed by atoms with Gasteiger partial charge in [0.15, 0.2) is 5.03 Å². The van der Waals surface area contributed by atoms with Crippen LogP contribution in [-0.4, -0.2) is 36.4 Å². The first kappa shape index (κ1) is 22.5. The van der Waals surface area contributed by atoms with Gasteiger partial charge in [0.2, 0.25) is 0 Å². The summed E-state index contributed by atoms with van der Waals surface area (Å²) in [6.07, 6.45) is 7.82. The Balaban J connectivity index is 1.69. The van der Waals surface area contributed by atoms with E-state index < -0.39 is 15.9 Å². The number of aromatic nitrogens is 2. The van der Waals surface area contributed by atoms with E-state index in [1.54, 1.807) is 6.07 Å². The van der Waals surface area contributed by atoms with Crippen molar-refractivity contribution >= 4 is 27.6 Å². The molecule has 1 aliphatic carbocycles. The molecule has 4 rings (SSSR count). The van der Waals surface area contributed by atoms with Crippen LogP contribution in [0, 0.1) is 0 Å². The highest BCUT2D eigenvalue weighted by molar-refractivity contribution is 7.90. The fourth-order valence-corrected chi connectivity index (χ4v) is 5.83. The lowest BCUT2D eigenvalue weighted by Crippen LogP contribution is -2.37. The standard InChI is InChI=1S/C23H31N5O3S/c1-15-11-12-16(2)28(15)22-18(13-14-19(25-22)17-7-4-3-5-8-17)23(29)27-32(30,31)21-10-6-9-20(24)26-21/h6,9-10,13-17H,3-5,7-8,11-12H2,1-2H3,(H2,24,26)(H,27,29)/t15-,16+. The molecule has 172 valence electrons. The average molecular weight is 458 g/mol. The molecule has 1 amide bonds. The quantitative estimate of drug-likeness (QED) is 0.704. The predicted molar refractivity (Wildman–Crippen MR) is 124 cm³/mol. The Morgan fingerprint density at radius 2 is 1.69 bits per heavy atom. The van der Waals surface area contributed by atoms with Gasteiger partial charge in [-0.3, -0.25) is 4.79 Å². The molecular weight excluding hydrogens is 426 g/mol. The van der Waals surface area contributed by atoms with Gasteiger partial charge in [0, 0.05) is 23.7 Å². The molecule has 0 aromatic carbocycles. The molecule has 1 saturated carbocycles. The molecule has 2 atom stereocenters. The average Bonchev–Trinajstić information content (AvgIpc) is 3.11. The van der Waals surface area contributed by atoms with E-state index in [2.05, 4.69) is 28.5 Å². The number of nitrogens with two attached hydrogens (primary N) is 1. The molecule has 8 nitrogen and oxygen atoms in total. The third kappa shape index (κ3) is 4.57. The van der Waals surface area contributed by atoms with E-state index in [-0.39, 0.29) is 28.5 Å². The van der Waals surface area contributed by atoms with Gasteiger partial charge in [-0.05, 0) is 63.8 Å². The van der Waals surface area contributed by atoms with Crippen molar-refractivity contribution in [3.8, 4) is 0 Å². The van der Waals surface area contributed by atoms with Crippen molar-refractivity contribution in [2.24, 2.45) is 0 Å². The van der Waals surface area contributed by atoms with Crippen LogP contribution in [0.2, 0.25) is 0 Å². The van der Waals surface area contributed by atoms with E-state index in [1.165, 1.54) is 37.5 Å². The number of nitrogens with zero attached hydrogens (tertiary/aromatic N) is 3. The lowest BCUT2D eigenvalue weighted by molar-refractivity contribution is 0.0981. The number of hydrogen-bond acceptors (Lipinski definition) is 7. The van der Waals surface area contributed by atoms with Gasteiger partial charge < -0.3 is 10.6 Å². The molecule has 1 saturated heterocycles. The Kier molecular flexibility index (Phi) is 6.37. The summed E-state index contributed by atoms with van der Waals surface area (Å²) >= 11 is 0. The molecule has 0 spiro atoms. The summed E-state index contributed by atoms with van der Waals surface area (Å²) in [5.41, 5.74) is 6.87. The lowest BCUT2D eigenvalue weighted by atomic mass is 9.86. The number of amides is 1. The van der Waals surface area contributed by atoms with Crippen LogP contribution in [0.4, 0.5) is 11.6 Å². The minimum absolute atomic E-state index is 0.0687. The smallest absolute Gasteiger partial charge is 0.281 e. The molecule has 9 heteroatoms. The molecule has 2 aromatic heterocycles. The number of anilines is 2. The van der Waals surface area contributed by atoms with Gasteiger partial charge in [-0.25, -0.2) is 14.7 Å². The number of hydrogen-bond donors (Lipinski definition) is 2. The van der Waals surface area contributed by atoms with Crippen molar-refractivity contribution < 1.29 is 13.2 Å². The summed E-state index contributed by atoms with van der Waals surface area (Å²) in [5, 5.41) is -0.290. The van der Waals surface area contributed by atoms with Crippen molar-refractivity contribution in [3.63, 3.8) is 0 Å². The predicted octanol–water partition coefficient (Wildman–Crippen LogP) is 3.60. The van der Waals surface area contributed by atoms with Gasteiger partial charge in [0.05, 0.1) is 5.56 Å². The number of sulfonamides is 1. The summed E-state index contributed by atoms with van der Waals surface area (Å²) in [7, 11) is -4.17. The third-order valence-corrected chi connectivity index (χ3v) is 7.84. The van der Waals surface area contributed by atoms with Crippen LogP contribution < -0.4 is 15.4 Å². The Bertz CT molecular complexity index is 1090. The highest BCUT2D eigenvalue weighted by Gasteiger charge is 2.33. The molecule has 2 aromatic rings. The summed E-state index contributed by atoms with van der Waals surface area (Å²) < 4.78 is 27.7. The zero-order valence-electron chi connectivity index (χ0n) is 18.6. The molecule has 2 fully saturated rings. The fourth-order valence-electron chi connectivity index (χ4n) is 4.89. The third-order valence-electron chi connectivity index (χ3n) is 6.61. The SMILES string of the molecule is C[C@@H]1CC[C@H](C)N1c1nc(C2CCCCC2)ccc1C(=O)NS(=O)(=O)c1cccc(N)n1. The molecular formula is C23H31N5O3S. The van der Waals surface area contributed by atoms with E-state index in [0.717, 1.165) is 31.4 Å². The fraction of sp³-hybridized carbons (Fsp3) is 0.522. The monoisotopic (exact) mass is 457 g/mol. The molecule has 32 heavy (non-hydrogen) atoms. The number of pyridine rings is 2. The summed E-state index contributed by atoms with van der Waals surface area (Å²) in [6, 6.07) is 8.33. The first-order valence-electron chi connectivity index (χ1n) is 11.3. The second kappa shape index (κ2) is 9.05. The minimum Gasteiger partial charge on any atom is -0.384 e. The maximum absolute atomic E-state index is 13.2. The van der Waals surface area contributed by atoms with Crippen molar-refractivity contribution in [2.45, 2.75) is 81.8 Å². The Hall–Kier alpha value is -2.68. The number of carbonyl (C=O) groups excluding carboxylic acids is 1. The number of rotatable bonds is 5. The number of nitrogens with one attached hydrogen (secondary N) is 1. The number of carbonyl (C=O) groups is 1. The Labute approximate surface area is 189 Å². The highest BCUT2D eigenvalue weighted by Crippen LogP contribution is 2.36. The van der Waals surface area contributed by atoms with Crippen molar-refractivity contribution in [2.75, 3.05) is 10.6 Å². The first-order valence-corrected chi connectivity index (χ1v) is 12.8. The van der Waals surface area contributed by atoms with E-state index in [4.69, 9.17) is 10.7 Å². The van der Waals surface area contributed by atoms with Crippen LogP contribution in [0.1, 0.15) is 80.8 Å². The maximum atomic E-state index is 13.2. The van der Waals surface area contributed by atoms with Gasteiger partial charge >= 0.3 is 0 Å². The van der Waals surface area contributed by atoms with E-state index >= 15 is 0 Å². The minimum atomic E-state index is -4.17. The molecule has 3 N–H and O–H groups in total. The van der Waals surface area contributed by atoms with E-state index in [0.29, 0.717) is 11.7 Å². The second-order valence-electron chi connectivity index (χ2n) is 8.96. The van der Waals surface area contributed by atoms with E-state index in [9.17, 15) is 13.2 Å². The Morgan fingerprint density at radius 1 is 1.00 bits per heavy atom. The van der Waals surface area contributed by atoms with Crippen LogP contribution in [0.5, 0.6) is 0 Å². The number of nitrogen functional groups attached to an aromatic ring is 1. The molecule has 2 aliphatic rings. The van der Waals surface area contributed by atoms with Gasteiger partial charge in [0.25, 0.3) is 15.9 Å². The summed E-state index contributed by atoms with van der Waals surface area (Å²) in [5.74, 6) is 0.310. The van der Waals surface area contributed by atoms with Gasteiger partial charge in [-0.15, -0.1) is 0 Å².